The van der Waals surface area contributed by atoms with E-state index >= 15 is 0 Å². The van der Waals surface area contributed by atoms with E-state index in [0.717, 1.165) is 0 Å². The van der Waals surface area contributed by atoms with E-state index in [-0.39, 0.29) is 36.3 Å². The van der Waals surface area contributed by atoms with Crippen LogP contribution in [0, 0.1) is 10.8 Å². The number of aliphatic hydroxyl groups is 1. The van der Waals surface area contributed by atoms with Crippen molar-refractivity contribution in [2.75, 3.05) is 26.0 Å². The highest BCUT2D eigenvalue weighted by Crippen LogP contribution is 2.47. The lowest BCUT2D eigenvalue weighted by molar-refractivity contribution is -0.127. The zero-order valence-corrected chi connectivity index (χ0v) is 19.2. The molecule has 160 valence electrons. The minimum Gasteiger partial charge on any atom is -0.392 e. The molecular weight excluding hydrogens is 385 g/mol. The molecule has 1 aliphatic heterocycles. The number of ether oxygens (including phenoxy) is 1. The Morgan fingerprint density at radius 1 is 1.30 bits per heavy atom. The molecule has 0 saturated heterocycles. The summed E-state index contributed by atoms with van der Waals surface area (Å²) >= 11 is 5.33. The predicted molar refractivity (Wildman–Crippen MR) is 114 cm³/mol. The average molecular weight is 424 g/mol. The van der Waals surface area contributed by atoms with Crippen LogP contribution in [0.2, 0.25) is 0 Å². The Morgan fingerprint density at radius 3 is 2.37 bits per heavy atom. The number of nitrogens with two attached hydrogens (primary N) is 1. The van der Waals surface area contributed by atoms with Crippen LogP contribution in [0.25, 0.3) is 0 Å². The summed E-state index contributed by atoms with van der Waals surface area (Å²) in [5.41, 5.74) is 5.67. The van der Waals surface area contributed by atoms with E-state index in [9.17, 15) is 10.00 Å². The molecule has 0 aromatic carbocycles. The molecule has 0 amide bonds. The lowest BCUT2D eigenvalue weighted by Gasteiger charge is -2.37. The second kappa shape index (κ2) is 10.1. The highest BCUT2D eigenvalue weighted by atomic mass is 32.5. The maximum absolute atomic E-state index is 10.5. The molecule has 7 nitrogen and oxygen atoms in total. The summed E-state index contributed by atoms with van der Waals surface area (Å²) in [4.78, 5) is 12.4. The topological polar surface area (TPSA) is 100 Å². The Bertz CT molecular complexity index is 534. The van der Waals surface area contributed by atoms with Crippen LogP contribution < -0.4 is 11.1 Å². The SMILES string of the molecule is CC(C)(C)C[C@H](COP(O)(=S)CC(C)(C)C)O[C@H](CO)N1C=CC(N)NC1. The quantitative estimate of drug-likeness (QED) is 0.419. The van der Waals surface area contributed by atoms with Crippen LogP contribution in [-0.4, -0.2) is 59.4 Å². The normalized spacial score (nSPS) is 23.1. The smallest absolute Gasteiger partial charge is 0.186 e. The van der Waals surface area contributed by atoms with Gasteiger partial charge in [-0.1, -0.05) is 41.5 Å². The molecule has 4 atom stereocenters. The molecule has 0 aliphatic carbocycles. The van der Waals surface area contributed by atoms with Crippen molar-refractivity contribution >= 4 is 18.3 Å². The van der Waals surface area contributed by atoms with Gasteiger partial charge in [-0.3, -0.25) is 5.32 Å². The zero-order chi connectivity index (χ0) is 20.9. The number of aliphatic hydroxyl groups excluding tert-OH is 1. The molecule has 0 saturated carbocycles. The van der Waals surface area contributed by atoms with Gasteiger partial charge in [0.05, 0.1) is 32.2 Å². The van der Waals surface area contributed by atoms with E-state index in [4.69, 9.17) is 26.8 Å². The van der Waals surface area contributed by atoms with Gasteiger partial charge in [-0.2, -0.15) is 0 Å². The first kappa shape index (κ1) is 25.0. The van der Waals surface area contributed by atoms with Gasteiger partial charge in [0.25, 0.3) is 0 Å². The van der Waals surface area contributed by atoms with Gasteiger partial charge in [0.2, 0.25) is 0 Å². The lowest BCUT2D eigenvalue weighted by atomic mass is 9.89. The lowest BCUT2D eigenvalue weighted by Crippen LogP contribution is -2.51. The summed E-state index contributed by atoms with van der Waals surface area (Å²) in [6.07, 6.45) is 3.74. The summed E-state index contributed by atoms with van der Waals surface area (Å²) in [6.45, 7) is 10.0. The van der Waals surface area contributed by atoms with Crippen molar-refractivity contribution in [3.63, 3.8) is 0 Å². The van der Waals surface area contributed by atoms with E-state index < -0.39 is 12.7 Å². The summed E-state index contributed by atoms with van der Waals surface area (Å²) in [6, 6.07) is 0. The summed E-state index contributed by atoms with van der Waals surface area (Å²) in [5.74, 6) is 0. The third-order valence-corrected chi connectivity index (χ3v) is 6.45. The Balaban J connectivity index is 2.78. The highest BCUT2D eigenvalue weighted by molar-refractivity contribution is 8.09. The molecule has 5 N–H and O–H groups in total. The average Bonchev–Trinajstić information content (AvgIpc) is 2.47. The summed E-state index contributed by atoms with van der Waals surface area (Å²) in [7, 11) is 0. The van der Waals surface area contributed by atoms with Gasteiger partial charge in [0, 0.05) is 12.4 Å². The first-order valence-electron chi connectivity index (χ1n) is 9.36. The minimum atomic E-state index is -2.89. The molecule has 0 bridgehead atoms. The predicted octanol–water partition coefficient (Wildman–Crippen LogP) is 2.15. The summed E-state index contributed by atoms with van der Waals surface area (Å²) < 4.78 is 11.9. The van der Waals surface area contributed by atoms with Gasteiger partial charge in [-0.15, -0.1) is 0 Å². The maximum atomic E-state index is 10.5. The van der Waals surface area contributed by atoms with Crippen molar-refractivity contribution in [1.82, 2.24) is 10.2 Å². The number of hydrogen-bond acceptors (Lipinski definition) is 7. The van der Waals surface area contributed by atoms with E-state index in [2.05, 4.69) is 26.1 Å². The van der Waals surface area contributed by atoms with Crippen molar-refractivity contribution < 1.29 is 19.3 Å². The molecule has 1 aliphatic rings. The standard InChI is InChI=1S/C18H38N3O4PS/c1-17(2,3)9-14(11-24-26(23,27)12-18(4,5)6)25-16(10-22)21-8-7-15(19)20-13-21/h7-8,14-16,20,22H,9-13,19H2,1-6H3,(H,23,27)/t14-,15?,16-,26?/m1/s1. The van der Waals surface area contributed by atoms with Gasteiger partial charge in [0.15, 0.2) is 12.7 Å². The fourth-order valence-electron chi connectivity index (χ4n) is 2.85. The van der Waals surface area contributed by atoms with Crippen molar-refractivity contribution in [3.8, 4) is 0 Å². The number of hydrogen-bond donors (Lipinski definition) is 4. The van der Waals surface area contributed by atoms with Gasteiger partial charge in [0.1, 0.15) is 0 Å². The van der Waals surface area contributed by atoms with Gasteiger partial charge in [-0.25, -0.2) is 0 Å². The maximum Gasteiger partial charge on any atom is 0.186 e. The first-order chi connectivity index (χ1) is 12.2. The van der Waals surface area contributed by atoms with Crippen molar-refractivity contribution in [3.05, 3.63) is 12.3 Å². The van der Waals surface area contributed by atoms with E-state index in [1.807, 2.05) is 37.9 Å². The molecule has 0 aromatic rings. The zero-order valence-electron chi connectivity index (χ0n) is 17.5. The monoisotopic (exact) mass is 423 g/mol. The van der Waals surface area contributed by atoms with Crippen LogP contribution in [0.4, 0.5) is 0 Å². The third kappa shape index (κ3) is 10.9. The van der Waals surface area contributed by atoms with Gasteiger partial charge < -0.3 is 29.9 Å². The fraction of sp³-hybridized carbons (Fsp3) is 0.889. The van der Waals surface area contributed by atoms with Crippen LogP contribution in [0.1, 0.15) is 48.0 Å². The van der Waals surface area contributed by atoms with Crippen molar-refractivity contribution in [2.45, 2.75) is 66.5 Å². The Labute approximate surface area is 169 Å². The van der Waals surface area contributed by atoms with Crippen LogP contribution in [0.3, 0.4) is 0 Å². The molecular formula is C18H38N3O4PS. The van der Waals surface area contributed by atoms with Crippen molar-refractivity contribution in [2.24, 2.45) is 16.6 Å². The Morgan fingerprint density at radius 2 is 1.93 bits per heavy atom. The number of nitrogens with zero attached hydrogens (tertiary/aromatic N) is 1. The molecule has 2 unspecified atom stereocenters. The molecule has 0 aromatic heterocycles. The second-order valence-corrected chi connectivity index (χ2v) is 13.1. The third-order valence-electron chi connectivity index (χ3n) is 3.85. The van der Waals surface area contributed by atoms with Crippen LogP contribution >= 0.6 is 6.49 Å². The van der Waals surface area contributed by atoms with E-state index in [1.54, 1.807) is 0 Å². The van der Waals surface area contributed by atoms with E-state index in [1.165, 1.54) is 0 Å². The Kier molecular flexibility index (Phi) is 9.37. The molecule has 0 fully saturated rings. The number of nitrogens with one attached hydrogen (secondary N) is 1. The van der Waals surface area contributed by atoms with Crippen LogP contribution in [-0.2, 0) is 21.1 Å². The molecule has 0 radical (unpaired) electrons. The van der Waals surface area contributed by atoms with Gasteiger partial charge in [-0.05, 0) is 35.1 Å². The highest BCUT2D eigenvalue weighted by Gasteiger charge is 2.29. The van der Waals surface area contributed by atoms with E-state index in [0.29, 0.717) is 19.3 Å². The molecule has 1 heterocycles. The molecule has 0 spiro atoms. The number of rotatable bonds is 9. The first-order valence-corrected chi connectivity index (χ1v) is 12.2. The second-order valence-electron chi connectivity index (χ2n) is 9.56. The van der Waals surface area contributed by atoms with Gasteiger partial charge >= 0.3 is 0 Å². The largest absolute Gasteiger partial charge is 0.392 e. The fourth-order valence-corrected chi connectivity index (χ4v) is 5.89. The Hall–Kier alpha value is -0.0500. The van der Waals surface area contributed by atoms with Crippen LogP contribution in [0.15, 0.2) is 12.3 Å². The van der Waals surface area contributed by atoms with Crippen LogP contribution in [0.5, 0.6) is 0 Å². The molecule has 1 rings (SSSR count). The minimum absolute atomic E-state index is 0.00554. The molecule has 27 heavy (non-hydrogen) atoms. The molecule has 9 heteroatoms. The summed E-state index contributed by atoms with van der Waals surface area (Å²) in [5, 5.41) is 12.9. The van der Waals surface area contributed by atoms with Crippen molar-refractivity contribution in [1.29, 1.82) is 0 Å².